The predicted molar refractivity (Wildman–Crippen MR) is 72.6 cm³/mol. The van der Waals surface area contributed by atoms with Gasteiger partial charge in [0, 0.05) is 24.4 Å². The first-order valence-corrected chi connectivity index (χ1v) is 6.68. The van der Waals surface area contributed by atoms with E-state index in [-0.39, 0.29) is 11.9 Å². The smallest absolute Gasteiger partial charge is 0.223 e. The predicted octanol–water partition coefficient (Wildman–Crippen LogP) is 3.31. The molecule has 2 heterocycles. The zero-order valence-corrected chi connectivity index (χ0v) is 11.5. The number of benzene rings is 1. The molecule has 0 amide bonds. The van der Waals surface area contributed by atoms with Crippen molar-refractivity contribution >= 4 is 21.9 Å². The van der Waals surface area contributed by atoms with Gasteiger partial charge in [0.1, 0.15) is 11.6 Å². The molecule has 1 aromatic carbocycles. The van der Waals surface area contributed by atoms with Crippen LogP contribution in [0.2, 0.25) is 0 Å². The summed E-state index contributed by atoms with van der Waals surface area (Å²) in [5.41, 5.74) is 0.803. The van der Waals surface area contributed by atoms with Crippen molar-refractivity contribution in [3.05, 3.63) is 46.4 Å². The molecular weight excluding hydrogens is 313 g/mol. The minimum Gasteiger partial charge on any atom is -0.493 e. The Morgan fingerprint density at radius 2 is 2.11 bits per heavy atom. The summed E-state index contributed by atoms with van der Waals surface area (Å²) in [6.45, 7) is 0.590. The number of aromatic nitrogens is 2. The molecule has 19 heavy (non-hydrogen) atoms. The zero-order chi connectivity index (χ0) is 13.2. The van der Waals surface area contributed by atoms with Crippen LogP contribution < -0.4 is 10.1 Å². The maximum atomic E-state index is 13.3. The molecule has 1 unspecified atom stereocenters. The van der Waals surface area contributed by atoms with Crippen LogP contribution in [0.1, 0.15) is 18.0 Å². The summed E-state index contributed by atoms with van der Waals surface area (Å²) in [4.78, 5) is 8.33. The molecule has 0 fully saturated rings. The third-order valence-corrected chi connectivity index (χ3v) is 3.34. The van der Waals surface area contributed by atoms with E-state index in [4.69, 9.17) is 4.74 Å². The lowest BCUT2D eigenvalue weighted by molar-refractivity contribution is 0.273. The minimum absolute atomic E-state index is 0.0411. The molecule has 1 aromatic heterocycles. The van der Waals surface area contributed by atoms with E-state index in [1.54, 1.807) is 18.5 Å². The summed E-state index contributed by atoms with van der Waals surface area (Å²) >= 11 is 3.28. The van der Waals surface area contributed by atoms with E-state index >= 15 is 0 Å². The highest BCUT2D eigenvalue weighted by Gasteiger charge is 2.22. The van der Waals surface area contributed by atoms with E-state index in [1.807, 2.05) is 0 Å². The summed E-state index contributed by atoms with van der Waals surface area (Å²) in [6.07, 6.45) is 4.08. The number of anilines is 1. The van der Waals surface area contributed by atoms with Crippen molar-refractivity contribution in [1.82, 2.24) is 9.97 Å². The van der Waals surface area contributed by atoms with Crippen molar-refractivity contribution in [2.75, 3.05) is 11.9 Å². The van der Waals surface area contributed by atoms with Crippen molar-refractivity contribution < 1.29 is 9.13 Å². The molecule has 1 atom stereocenters. The van der Waals surface area contributed by atoms with E-state index in [1.165, 1.54) is 12.1 Å². The van der Waals surface area contributed by atoms with Crippen LogP contribution in [-0.4, -0.2) is 16.6 Å². The van der Waals surface area contributed by atoms with E-state index in [2.05, 4.69) is 31.2 Å². The van der Waals surface area contributed by atoms with Crippen LogP contribution in [0.4, 0.5) is 10.3 Å². The Morgan fingerprint density at radius 3 is 2.89 bits per heavy atom. The number of hydrogen-bond donors (Lipinski definition) is 1. The Labute approximate surface area is 118 Å². The monoisotopic (exact) mass is 323 g/mol. The van der Waals surface area contributed by atoms with E-state index in [0.29, 0.717) is 18.3 Å². The number of nitrogens with zero attached hydrogens (tertiary/aromatic N) is 2. The van der Waals surface area contributed by atoms with Crippen LogP contribution in [0.3, 0.4) is 0 Å². The fraction of sp³-hybridized carbons (Fsp3) is 0.231. The molecule has 0 bridgehead atoms. The number of fused-ring (bicyclic) bond motifs is 1. The van der Waals surface area contributed by atoms with Gasteiger partial charge in [0.15, 0.2) is 0 Å². The maximum Gasteiger partial charge on any atom is 0.223 e. The van der Waals surface area contributed by atoms with Gasteiger partial charge in [-0.05, 0) is 34.1 Å². The molecule has 98 valence electrons. The normalized spacial score (nSPS) is 17.5. The Bertz CT molecular complexity index is 591. The van der Waals surface area contributed by atoms with Crippen LogP contribution in [0.25, 0.3) is 0 Å². The summed E-state index contributed by atoms with van der Waals surface area (Å²) < 4.78 is 19.7. The fourth-order valence-electron chi connectivity index (χ4n) is 2.06. The molecule has 0 aliphatic carbocycles. The van der Waals surface area contributed by atoms with Gasteiger partial charge in [-0.1, -0.05) is 0 Å². The molecule has 3 rings (SSSR count). The molecule has 0 saturated carbocycles. The quantitative estimate of drug-likeness (QED) is 0.921. The molecule has 6 heteroatoms. The zero-order valence-electron chi connectivity index (χ0n) is 9.94. The first-order chi connectivity index (χ1) is 9.22. The number of halogens is 2. The van der Waals surface area contributed by atoms with Crippen molar-refractivity contribution in [2.24, 2.45) is 0 Å². The highest BCUT2D eigenvalue weighted by molar-refractivity contribution is 9.10. The molecule has 0 radical (unpaired) electrons. The number of rotatable bonds is 2. The lowest BCUT2D eigenvalue weighted by atomic mass is 10.0. The van der Waals surface area contributed by atoms with E-state index < -0.39 is 0 Å². The third kappa shape index (κ3) is 2.68. The Morgan fingerprint density at radius 1 is 1.32 bits per heavy atom. The largest absolute Gasteiger partial charge is 0.493 e. The topological polar surface area (TPSA) is 47.0 Å². The van der Waals surface area contributed by atoms with Gasteiger partial charge < -0.3 is 10.1 Å². The summed E-state index contributed by atoms with van der Waals surface area (Å²) in [5.74, 6) is 0.959. The summed E-state index contributed by atoms with van der Waals surface area (Å²) in [7, 11) is 0. The standard InChI is InChI=1S/C13H11BrFN3O/c14-8-6-16-13(17-7-8)18-11-3-4-19-12-2-1-9(15)5-10(11)12/h1-2,5-7,11H,3-4H2,(H,16,17,18). The van der Waals surface area contributed by atoms with Gasteiger partial charge in [-0.15, -0.1) is 0 Å². The summed E-state index contributed by atoms with van der Waals surface area (Å²) in [6, 6.07) is 4.50. The SMILES string of the molecule is Fc1ccc2c(c1)C(Nc1ncc(Br)cn1)CCO2. The average molecular weight is 324 g/mol. The molecule has 0 saturated heterocycles. The Balaban J connectivity index is 1.87. The fourth-order valence-corrected chi connectivity index (χ4v) is 2.26. The molecule has 4 nitrogen and oxygen atoms in total. The number of nitrogens with one attached hydrogen (secondary N) is 1. The van der Waals surface area contributed by atoms with E-state index in [0.717, 1.165) is 16.5 Å². The molecule has 0 spiro atoms. The lowest BCUT2D eigenvalue weighted by Gasteiger charge is -2.26. The molecule has 1 aliphatic rings. The van der Waals surface area contributed by atoms with Gasteiger partial charge in [0.05, 0.1) is 17.1 Å². The van der Waals surface area contributed by atoms with Gasteiger partial charge in [0.2, 0.25) is 5.95 Å². The Kier molecular flexibility index (Phi) is 3.33. The van der Waals surface area contributed by atoms with Gasteiger partial charge in [-0.2, -0.15) is 0 Å². The highest BCUT2D eigenvalue weighted by atomic mass is 79.9. The average Bonchev–Trinajstić information content (AvgIpc) is 2.42. The summed E-state index contributed by atoms with van der Waals surface area (Å²) in [5, 5.41) is 3.20. The van der Waals surface area contributed by atoms with Gasteiger partial charge >= 0.3 is 0 Å². The van der Waals surface area contributed by atoms with Crippen molar-refractivity contribution in [1.29, 1.82) is 0 Å². The van der Waals surface area contributed by atoms with E-state index in [9.17, 15) is 4.39 Å². The maximum absolute atomic E-state index is 13.3. The number of hydrogen-bond acceptors (Lipinski definition) is 4. The number of ether oxygens (including phenoxy) is 1. The lowest BCUT2D eigenvalue weighted by Crippen LogP contribution is -2.21. The molecule has 1 N–H and O–H groups in total. The second kappa shape index (κ2) is 5.13. The first kappa shape index (κ1) is 12.3. The van der Waals surface area contributed by atoms with Crippen LogP contribution in [-0.2, 0) is 0 Å². The van der Waals surface area contributed by atoms with Gasteiger partial charge in [-0.3, -0.25) is 0 Å². The van der Waals surface area contributed by atoms with Crippen LogP contribution in [0.15, 0.2) is 35.1 Å². The highest BCUT2D eigenvalue weighted by Crippen LogP contribution is 2.34. The molecule has 2 aromatic rings. The third-order valence-electron chi connectivity index (χ3n) is 2.94. The Hall–Kier alpha value is -1.69. The molecular formula is C13H11BrFN3O. The van der Waals surface area contributed by atoms with Gasteiger partial charge in [0.25, 0.3) is 0 Å². The van der Waals surface area contributed by atoms with Crippen LogP contribution in [0, 0.1) is 5.82 Å². The first-order valence-electron chi connectivity index (χ1n) is 5.89. The minimum atomic E-state index is -0.271. The molecule has 1 aliphatic heterocycles. The van der Waals surface area contributed by atoms with Crippen molar-refractivity contribution in [3.63, 3.8) is 0 Å². The van der Waals surface area contributed by atoms with Gasteiger partial charge in [-0.25, -0.2) is 14.4 Å². The van der Waals surface area contributed by atoms with Crippen LogP contribution in [0.5, 0.6) is 5.75 Å². The van der Waals surface area contributed by atoms with Crippen LogP contribution >= 0.6 is 15.9 Å². The van der Waals surface area contributed by atoms with Crippen molar-refractivity contribution in [3.8, 4) is 5.75 Å². The second-order valence-corrected chi connectivity index (χ2v) is 5.16. The second-order valence-electron chi connectivity index (χ2n) is 4.24. The van der Waals surface area contributed by atoms with Crippen molar-refractivity contribution in [2.45, 2.75) is 12.5 Å².